The van der Waals surface area contributed by atoms with E-state index in [1.54, 1.807) is 0 Å². The Hall–Kier alpha value is 1.48. The molecule has 0 aromatic rings. The van der Waals surface area contributed by atoms with Crippen molar-refractivity contribution in [2.24, 2.45) is 0 Å². The minimum atomic E-state index is 0.492. The summed E-state index contributed by atoms with van der Waals surface area (Å²) in [6.45, 7) is 0. The second-order valence-corrected chi connectivity index (χ2v) is 4.87. The van der Waals surface area contributed by atoms with Gasteiger partial charge in [0, 0.05) is 14.4 Å². The molecule has 0 bridgehead atoms. The maximum Gasteiger partial charge on any atom is 0.139 e. The first kappa shape index (κ1) is 8.58. The third kappa shape index (κ3) is 2.22. The van der Waals surface area contributed by atoms with Gasteiger partial charge in [0.2, 0.25) is 0 Å². The van der Waals surface area contributed by atoms with Crippen molar-refractivity contribution < 1.29 is 4.74 Å². The van der Waals surface area contributed by atoms with Crippen LogP contribution in [-0.4, -0.2) is 28.3 Å². The van der Waals surface area contributed by atoms with E-state index in [4.69, 9.17) is 4.74 Å². The van der Waals surface area contributed by atoms with Gasteiger partial charge in [0.25, 0.3) is 0 Å². The van der Waals surface area contributed by atoms with Gasteiger partial charge < -0.3 is 4.74 Å². The highest BCUT2D eigenvalue weighted by Gasteiger charge is 2.29. The van der Waals surface area contributed by atoms with Crippen molar-refractivity contribution in [3.05, 3.63) is 0 Å². The van der Waals surface area contributed by atoms with Crippen molar-refractivity contribution in [2.75, 3.05) is 4.43 Å². The van der Waals surface area contributed by atoms with Crippen LogP contribution < -0.4 is 0 Å². The summed E-state index contributed by atoms with van der Waals surface area (Å²) < 4.78 is 7.49. The van der Waals surface area contributed by atoms with Crippen molar-refractivity contribution in [3.8, 4) is 0 Å². The van der Waals surface area contributed by atoms with Crippen LogP contribution in [0.2, 0.25) is 0 Å². The molecule has 1 aliphatic rings. The predicted octanol–water partition coefficient (Wildman–Crippen LogP) is 0.973. The molecule has 0 spiro atoms. The maximum absolute atomic E-state index is 5.61. The van der Waals surface area contributed by atoms with E-state index in [2.05, 4.69) is 53.0 Å². The highest BCUT2D eigenvalue weighted by Crippen LogP contribution is 2.26. The zero-order chi connectivity index (χ0) is 6.85. The van der Waals surface area contributed by atoms with E-state index in [1.807, 2.05) is 0 Å². The first-order chi connectivity index (χ1) is 4.24. The molecule has 1 aliphatic heterocycles. The lowest BCUT2D eigenvalue weighted by Gasteiger charge is -2.08. The Labute approximate surface area is 84.0 Å². The lowest BCUT2D eigenvalue weighted by molar-refractivity contribution is 0.109. The molecule has 1 rings (SSSR count). The number of rotatable bonds is 1. The third-order valence-electron chi connectivity index (χ3n) is 1.52. The summed E-state index contributed by atoms with van der Waals surface area (Å²) in [5.41, 5.74) is 0. The Morgan fingerprint density at radius 2 is 2.33 bits per heavy atom. The summed E-state index contributed by atoms with van der Waals surface area (Å²) >= 11 is 4.86. The van der Waals surface area contributed by atoms with Crippen LogP contribution in [0, 0.1) is 0 Å². The fourth-order valence-corrected chi connectivity index (χ4v) is 3.98. The number of hydrogen-bond acceptors (Lipinski definition) is 1. The molecule has 1 fully saturated rings. The minimum absolute atomic E-state index is 0.492. The number of hydrogen-bond donors (Lipinski definition) is 0. The number of halogens is 2. The van der Waals surface area contributed by atoms with Gasteiger partial charge in [-0.05, 0) is 6.42 Å². The first-order valence-electron chi connectivity index (χ1n) is 3.09. The van der Waals surface area contributed by atoms with E-state index in [-0.39, 0.29) is 0 Å². The highest BCUT2D eigenvalue weighted by molar-refractivity contribution is 14.1. The van der Waals surface area contributed by atoms with Crippen LogP contribution in [0.4, 0.5) is 0 Å². The zero-order valence-electron chi connectivity index (χ0n) is 5.31. The normalized spacial score (nSPS) is 43.6. The van der Waals surface area contributed by atoms with E-state index in [0.29, 0.717) is 12.1 Å². The molecule has 0 amide bonds. The standard InChI is InChI=1S/C5H9BI2O/c6-5-1-3(8)4(2-7)9-5/h3-5H,1-2,6H2/t3-,4+,5+/m1/s1. The van der Waals surface area contributed by atoms with Gasteiger partial charge >= 0.3 is 0 Å². The fraction of sp³-hybridized carbons (Fsp3) is 1.00. The molecule has 4 heteroatoms. The Morgan fingerprint density at radius 1 is 1.67 bits per heavy atom. The first-order valence-corrected chi connectivity index (χ1v) is 5.86. The zero-order valence-corrected chi connectivity index (χ0v) is 9.63. The van der Waals surface area contributed by atoms with Crippen molar-refractivity contribution in [3.63, 3.8) is 0 Å². The van der Waals surface area contributed by atoms with Crippen LogP contribution in [0.15, 0.2) is 0 Å². The van der Waals surface area contributed by atoms with Gasteiger partial charge in [-0.15, -0.1) is 0 Å². The minimum Gasteiger partial charge on any atom is -0.382 e. The molecule has 1 saturated heterocycles. The van der Waals surface area contributed by atoms with Crippen LogP contribution in [0.1, 0.15) is 6.42 Å². The van der Waals surface area contributed by atoms with Crippen LogP contribution >= 0.6 is 45.2 Å². The van der Waals surface area contributed by atoms with Crippen molar-refractivity contribution in [1.29, 1.82) is 0 Å². The molecule has 0 radical (unpaired) electrons. The molecule has 0 saturated carbocycles. The Balaban J connectivity index is 2.38. The predicted molar refractivity (Wildman–Crippen MR) is 58.5 cm³/mol. The van der Waals surface area contributed by atoms with E-state index in [0.717, 1.165) is 8.35 Å². The quantitative estimate of drug-likeness (QED) is 0.389. The smallest absolute Gasteiger partial charge is 0.139 e. The van der Waals surface area contributed by atoms with Crippen LogP contribution in [0.5, 0.6) is 0 Å². The Morgan fingerprint density at radius 3 is 2.56 bits per heavy atom. The van der Waals surface area contributed by atoms with Gasteiger partial charge in [-0.3, -0.25) is 0 Å². The molecule has 0 unspecified atom stereocenters. The monoisotopic (exact) mass is 350 g/mol. The van der Waals surface area contributed by atoms with E-state index in [9.17, 15) is 0 Å². The molecule has 1 nitrogen and oxygen atoms in total. The lowest BCUT2D eigenvalue weighted by Crippen LogP contribution is -2.17. The average Bonchev–Trinajstić information content (AvgIpc) is 2.10. The van der Waals surface area contributed by atoms with E-state index >= 15 is 0 Å². The van der Waals surface area contributed by atoms with Crippen LogP contribution in [0.3, 0.4) is 0 Å². The summed E-state index contributed by atoms with van der Waals surface area (Å²) in [4.78, 5) is 0. The molecule has 0 aromatic carbocycles. The van der Waals surface area contributed by atoms with Gasteiger partial charge in [0.1, 0.15) is 7.85 Å². The summed E-state index contributed by atoms with van der Waals surface area (Å²) in [7, 11) is 2.15. The van der Waals surface area contributed by atoms with Gasteiger partial charge in [-0.25, -0.2) is 0 Å². The molecule has 0 aromatic heterocycles. The molecule has 3 atom stereocenters. The number of alkyl halides is 2. The second kappa shape index (κ2) is 3.76. The molecular formula is C5H9BI2O. The summed E-state index contributed by atoms with van der Waals surface area (Å²) in [6.07, 6.45) is 1.75. The van der Waals surface area contributed by atoms with Crippen LogP contribution in [0.25, 0.3) is 0 Å². The van der Waals surface area contributed by atoms with E-state index in [1.165, 1.54) is 6.42 Å². The Kier molecular flexibility index (Phi) is 3.58. The van der Waals surface area contributed by atoms with Crippen molar-refractivity contribution >= 4 is 53.0 Å². The molecule has 0 aliphatic carbocycles. The van der Waals surface area contributed by atoms with Crippen molar-refractivity contribution in [2.45, 2.75) is 22.5 Å². The summed E-state index contributed by atoms with van der Waals surface area (Å²) in [5.74, 6) is 0. The molecular weight excluding hydrogens is 341 g/mol. The van der Waals surface area contributed by atoms with Gasteiger partial charge in [0.15, 0.2) is 0 Å². The van der Waals surface area contributed by atoms with Crippen molar-refractivity contribution in [1.82, 2.24) is 0 Å². The van der Waals surface area contributed by atoms with Gasteiger partial charge in [-0.1, -0.05) is 45.2 Å². The second-order valence-electron chi connectivity index (χ2n) is 2.39. The van der Waals surface area contributed by atoms with Gasteiger partial charge in [0.05, 0.1) is 6.10 Å². The highest BCUT2D eigenvalue weighted by atomic mass is 127. The summed E-state index contributed by atoms with van der Waals surface area (Å²) in [5, 5.41) is 0. The Bertz CT molecular complexity index is 101. The lowest BCUT2D eigenvalue weighted by atomic mass is 9.97. The topological polar surface area (TPSA) is 9.23 Å². The molecule has 0 N–H and O–H groups in total. The van der Waals surface area contributed by atoms with E-state index < -0.39 is 0 Å². The molecule has 52 valence electrons. The fourth-order valence-electron chi connectivity index (χ4n) is 1.04. The summed E-state index contributed by atoms with van der Waals surface area (Å²) in [6, 6.07) is 0.492. The SMILES string of the molecule is B[C@@H]1C[C@@H](I)[C@H](CI)O1. The largest absolute Gasteiger partial charge is 0.382 e. The number of ether oxygens (including phenoxy) is 1. The maximum atomic E-state index is 5.61. The van der Waals surface area contributed by atoms with Crippen LogP contribution in [-0.2, 0) is 4.74 Å². The van der Waals surface area contributed by atoms with Gasteiger partial charge in [-0.2, -0.15) is 0 Å². The third-order valence-corrected chi connectivity index (χ3v) is 3.70. The average molecular weight is 350 g/mol. The molecule has 9 heavy (non-hydrogen) atoms. The molecule has 1 heterocycles.